The zero-order valence-corrected chi connectivity index (χ0v) is 12.0. The average molecular weight is 255 g/mol. The van der Waals surface area contributed by atoms with Crippen molar-refractivity contribution in [2.45, 2.75) is 51.9 Å². The predicted octanol–water partition coefficient (Wildman–Crippen LogP) is 3.90. The highest BCUT2D eigenvalue weighted by atomic mass is 14.5. The van der Waals surface area contributed by atoms with Crippen molar-refractivity contribution in [3.05, 3.63) is 35.4 Å². The molecule has 19 heavy (non-hydrogen) atoms. The van der Waals surface area contributed by atoms with Gasteiger partial charge in [0.25, 0.3) is 0 Å². The molecule has 2 N–H and O–H groups in total. The van der Waals surface area contributed by atoms with Crippen LogP contribution in [0.2, 0.25) is 0 Å². The van der Waals surface area contributed by atoms with E-state index in [0.29, 0.717) is 12.0 Å². The van der Waals surface area contributed by atoms with Gasteiger partial charge >= 0.3 is 0 Å². The van der Waals surface area contributed by atoms with Crippen molar-refractivity contribution in [2.24, 2.45) is 11.1 Å². The molecule has 0 saturated heterocycles. The van der Waals surface area contributed by atoms with Gasteiger partial charge in [-0.15, -0.1) is 0 Å². The minimum atomic E-state index is 0.433. The van der Waals surface area contributed by atoms with Gasteiger partial charge in [-0.2, -0.15) is 0 Å². The molecule has 0 aliphatic heterocycles. The lowest BCUT2D eigenvalue weighted by atomic mass is 9.72. The number of nitrogens with two attached hydrogens (primary N) is 1. The van der Waals surface area contributed by atoms with Gasteiger partial charge in [-0.1, -0.05) is 50.2 Å². The second kappa shape index (κ2) is 6.78. The normalized spacial score (nSPS) is 17.6. The summed E-state index contributed by atoms with van der Waals surface area (Å²) in [6, 6.07) is 8.61. The molecule has 1 aromatic carbocycles. The summed E-state index contributed by atoms with van der Waals surface area (Å²) >= 11 is 0. The molecule has 102 valence electrons. The van der Waals surface area contributed by atoms with Crippen molar-refractivity contribution >= 4 is 0 Å². The summed E-state index contributed by atoms with van der Waals surface area (Å²) in [4.78, 5) is 0. The molecule has 0 unspecified atom stereocenters. The lowest BCUT2D eigenvalue weighted by Crippen LogP contribution is -2.20. The van der Waals surface area contributed by atoms with Gasteiger partial charge in [0, 0.05) is 5.56 Å². The summed E-state index contributed by atoms with van der Waals surface area (Å²) in [7, 11) is 0. The molecule has 1 aromatic rings. The van der Waals surface area contributed by atoms with Gasteiger partial charge in [-0.3, -0.25) is 0 Å². The van der Waals surface area contributed by atoms with Crippen molar-refractivity contribution in [1.82, 2.24) is 0 Å². The number of benzene rings is 1. The molecule has 1 nitrogen and oxygen atoms in total. The minimum absolute atomic E-state index is 0.433. The molecule has 1 heteroatoms. The summed E-state index contributed by atoms with van der Waals surface area (Å²) in [5.41, 5.74) is 8.49. The topological polar surface area (TPSA) is 26.0 Å². The second-order valence-electron chi connectivity index (χ2n) is 6.08. The maximum Gasteiger partial charge on any atom is 0.0555 e. The zero-order chi connectivity index (χ0) is 13.6. The summed E-state index contributed by atoms with van der Waals surface area (Å²) in [5, 5.41) is 0. The van der Waals surface area contributed by atoms with E-state index in [1.54, 1.807) is 0 Å². The summed E-state index contributed by atoms with van der Waals surface area (Å²) in [6.45, 7) is 2.90. The fourth-order valence-electron chi connectivity index (χ4n) is 3.06. The van der Waals surface area contributed by atoms with E-state index >= 15 is 0 Å². The van der Waals surface area contributed by atoms with E-state index < -0.39 is 0 Å². The van der Waals surface area contributed by atoms with E-state index in [1.165, 1.54) is 50.5 Å². The van der Waals surface area contributed by atoms with E-state index in [4.69, 9.17) is 5.73 Å². The molecule has 1 fully saturated rings. The number of rotatable bonds is 3. The first-order chi connectivity index (χ1) is 9.22. The van der Waals surface area contributed by atoms with Gasteiger partial charge in [0.1, 0.15) is 0 Å². The Morgan fingerprint density at radius 1 is 1.21 bits per heavy atom. The first kappa shape index (κ1) is 14.2. The van der Waals surface area contributed by atoms with E-state index in [0.717, 1.165) is 5.56 Å². The molecule has 2 rings (SSSR count). The van der Waals surface area contributed by atoms with Gasteiger partial charge in [0.15, 0.2) is 0 Å². The monoisotopic (exact) mass is 255 g/mol. The maximum atomic E-state index is 5.41. The fourth-order valence-corrected chi connectivity index (χ4v) is 3.06. The van der Waals surface area contributed by atoms with Crippen LogP contribution in [-0.4, -0.2) is 6.54 Å². The Hall–Kier alpha value is -1.26. The van der Waals surface area contributed by atoms with Gasteiger partial charge in [0.2, 0.25) is 0 Å². The highest BCUT2D eigenvalue weighted by molar-refractivity contribution is 5.37. The van der Waals surface area contributed by atoms with Crippen LogP contribution in [-0.2, 0) is 6.42 Å². The molecule has 0 aromatic heterocycles. The van der Waals surface area contributed by atoms with Crippen molar-refractivity contribution < 1.29 is 0 Å². The van der Waals surface area contributed by atoms with E-state index in [2.05, 4.69) is 43.0 Å². The second-order valence-corrected chi connectivity index (χ2v) is 6.08. The van der Waals surface area contributed by atoms with Crippen molar-refractivity contribution in [3.8, 4) is 11.8 Å². The smallest absolute Gasteiger partial charge is 0.0555 e. The van der Waals surface area contributed by atoms with Gasteiger partial charge in [-0.05, 0) is 48.8 Å². The zero-order valence-electron chi connectivity index (χ0n) is 12.0. The van der Waals surface area contributed by atoms with Crippen LogP contribution in [0.4, 0.5) is 0 Å². The SMILES string of the molecule is CC1(CCc2cccc(C#CCN)c2)CCCCC1. The van der Waals surface area contributed by atoms with Crippen molar-refractivity contribution in [2.75, 3.05) is 6.54 Å². The van der Waals surface area contributed by atoms with Crippen LogP contribution in [0, 0.1) is 17.3 Å². The number of aryl methyl sites for hydroxylation is 1. The molecule has 1 aliphatic carbocycles. The van der Waals surface area contributed by atoms with Crippen LogP contribution in [0.25, 0.3) is 0 Å². The highest BCUT2D eigenvalue weighted by Gasteiger charge is 2.25. The third-order valence-electron chi connectivity index (χ3n) is 4.34. The number of hydrogen-bond acceptors (Lipinski definition) is 1. The molecule has 1 saturated carbocycles. The molecular formula is C18H25N. The van der Waals surface area contributed by atoms with Crippen molar-refractivity contribution in [1.29, 1.82) is 0 Å². The van der Waals surface area contributed by atoms with Crippen LogP contribution in [0.1, 0.15) is 56.6 Å². The Bertz CT molecular complexity index is 458. The van der Waals surface area contributed by atoms with Crippen LogP contribution in [0.5, 0.6) is 0 Å². The molecule has 0 heterocycles. The Morgan fingerprint density at radius 3 is 2.74 bits per heavy atom. The van der Waals surface area contributed by atoms with Crippen LogP contribution < -0.4 is 5.73 Å². The lowest BCUT2D eigenvalue weighted by Gasteiger charge is -2.33. The van der Waals surface area contributed by atoms with E-state index in [-0.39, 0.29) is 0 Å². The maximum absolute atomic E-state index is 5.41. The summed E-state index contributed by atoms with van der Waals surface area (Å²) in [5.74, 6) is 6.04. The Balaban J connectivity index is 1.95. The third kappa shape index (κ3) is 4.40. The molecule has 1 aliphatic rings. The average Bonchev–Trinajstić information content (AvgIpc) is 2.44. The quantitative estimate of drug-likeness (QED) is 0.814. The molecule has 0 bridgehead atoms. The van der Waals surface area contributed by atoms with Gasteiger partial charge in [-0.25, -0.2) is 0 Å². The predicted molar refractivity (Wildman–Crippen MR) is 81.9 cm³/mol. The molecule has 0 amide bonds. The summed E-state index contributed by atoms with van der Waals surface area (Å²) < 4.78 is 0. The van der Waals surface area contributed by atoms with Crippen molar-refractivity contribution in [3.63, 3.8) is 0 Å². The third-order valence-corrected chi connectivity index (χ3v) is 4.34. The highest BCUT2D eigenvalue weighted by Crippen LogP contribution is 2.39. The Kier molecular flexibility index (Phi) is 5.05. The molecular weight excluding hydrogens is 230 g/mol. The molecule has 0 atom stereocenters. The number of hydrogen-bond donors (Lipinski definition) is 1. The largest absolute Gasteiger partial charge is 0.320 e. The standard InChI is InChI=1S/C18H25N/c1-18(11-3-2-4-12-18)13-10-17-8-5-7-16(15-17)9-6-14-19/h5,7-8,15H,2-4,10-14,19H2,1H3. The molecule has 0 radical (unpaired) electrons. The Morgan fingerprint density at radius 2 is 2.00 bits per heavy atom. The Labute approximate surface area is 117 Å². The van der Waals surface area contributed by atoms with Crippen LogP contribution >= 0.6 is 0 Å². The van der Waals surface area contributed by atoms with Gasteiger partial charge in [0.05, 0.1) is 6.54 Å². The fraction of sp³-hybridized carbons (Fsp3) is 0.556. The lowest BCUT2D eigenvalue weighted by molar-refractivity contribution is 0.199. The summed E-state index contributed by atoms with van der Waals surface area (Å²) in [6.07, 6.45) is 9.55. The van der Waals surface area contributed by atoms with Gasteiger partial charge < -0.3 is 5.73 Å². The van der Waals surface area contributed by atoms with E-state index in [9.17, 15) is 0 Å². The molecule has 0 spiro atoms. The first-order valence-corrected chi connectivity index (χ1v) is 7.50. The van der Waals surface area contributed by atoms with Crippen LogP contribution in [0.3, 0.4) is 0 Å². The minimum Gasteiger partial charge on any atom is -0.320 e. The van der Waals surface area contributed by atoms with Crippen LogP contribution in [0.15, 0.2) is 24.3 Å². The first-order valence-electron chi connectivity index (χ1n) is 7.50. The van der Waals surface area contributed by atoms with E-state index in [1.807, 2.05) is 0 Å².